The van der Waals surface area contributed by atoms with Crippen LogP contribution in [-0.2, 0) is 4.79 Å². The number of amides is 1. The third kappa shape index (κ3) is 3.09. The first-order valence-corrected chi connectivity index (χ1v) is 7.19. The number of aromatic nitrogens is 1. The fraction of sp³-hybridized carbons (Fsp3) is 0.583. The second kappa shape index (κ2) is 5.64. The zero-order valence-electron chi connectivity index (χ0n) is 10.9. The molecule has 0 spiro atoms. The average molecular weight is 284 g/mol. The minimum Gasteiger partial charge on any atom is -0.481 e. The van der Waals surface area contributed by atoms with Crippen molar-refractivity contribution in [2.75, 3.05) is 18.1 Å². The molecule has 19 heavy (non-hydrogen) atoms. The average Bonchev–Trinajstić information content (AvgIpc) is 2.67. The van der Waals surface area contributed by atoms with Gasteiger partial charge in [0.25, 0.3) is 5.91 Å². The normalized spacial score (nSPS) is 19.5. The molecule has 2 rings (SSSR count). The zero-order valence-corrected chi connectivity index (χ0v) is 11.7. The van der Waals surface area contributed by atoms with Crippen molar-refractivity contribution >= 4 is 23.6 Å². The number of nitrogens with zero attached hydrogens (tertiary/aromatic N) is 2. The Bertz CT molecular complexity index is 500. The summed E-state index contributed by atoms with van der Waals surface area (Å²) in [6.07, 6.45) is -0.0368. The molecular formula is C12H16N2O4S. The summed E-state index contributed by atoms with van der Waals surface area (Å²) in [4.78, 5) is 28.9. The van der Waals surface area contributed by atoms with Crippen molar-refractivity contribution in [2.45, 2.75) is 26.3 Å². The second-order valence-electron chi connectivity index (χ2n) is 4.47. The highest BCUT2D eigenvalue weighted by molar-refractivity contribution is 7.99. The molecule has 7 heteroatoms. The summed E-state index contributed by atoms with van der Waals surface area (Å²) >= 11 is 1.67. The second-order valence-corrected chi connectivity index (χ2v) is 5.62. The summed E-state index contributed by atoms with van der Waals surface area (Å²) in [6, 6.07) is -0.284. The van der Waals surface area contributed by atoms with Crippen LogP contribution in [0.2, 0.25) is 0 Å². The lowest BCUT2D eigenvalue weighted by Gasteiger charge is -2.34. The van der Waals surface area contributed by atoms with Crippen molar-refractivity contribution < 1.29 is 19.1 Å². The van der Waals surface area contributed by atoms with Gasteiger partial charge in [0.2, 0.25) is 5.76 Å². The van der Waals surface area contributed by atoms with Crippen molar-refractivity contribution in [1.82, 2.24) is 9.88 Å². The number of aliphatic carboxylic acids is 1. The Labute approximate surface area is 115 Å². The number of aryl methyl sites for hydroxylation is 2. The maximum Gasteiger partial charge on any atom is 0.305 e. The molecule has 1 saturated heterocycles. The van der Waals surface area contributed by atoms with Crippen LogP contribution in [-0.4, -0.2) is 51.0 Å². The largest absolute Gasteiger partial charge is 0.481 e. The quantitative estimate of drug-likeness (QED) is 0.901. The van der Waals surface area contributed by atoms with Crippen molar-refractivity contribution in [3.8, 4) is 0 Å². The minimum absolute atomic E-state index is 0.0368. The lowest BCUT2D eigenvalue weighted by molar-refractivity contribution is -0.138. The summed E-state index contributed by atoms with van der Waals surface area (Å²) in [7, 11) is 0. The number of rotatable bonds is 3. The molecule has 0 aromatic carbocycles. The molecule has 1 aromatic heterocycles. The number of oxazole rings is 1. The molecule has 1 N–H and O–H groups in total. The Morgan fingerprint density at radius 2 is 2.26 bits per heavy atom. The van der Waals surface area contributed by atoms with Gasteiger partial charge in [0.1, 0.15) is 0 Å². The molecule has 6 nitrogen and oxygen atoms in total. The first-order valence-electron chi connectivity index (χ1n) is 6.03. The van der Waals surface area contributed by atoms with Crippen molar-refractivity contribution in [3.05, 3.63) is 17.3 Å². The van der Waals surface area contributed by atoms with Crippen LogP contribution in [0.5, 0.6) is 0 Å². The topological polar surface area (TPSA) is 83.6 Å². The van der Waals surface area contributed by atoms with Gasteiger partial charge >= 0.3 is 5.97 Å². The Hall–Kier alpha value is -1.50. The van der Waals surface area contributed by atoms with E-state index >= 15 is 0 Å². The molecule has 0 saturated carbocycles. The predicted molar refractivity (Wildman–Crippen MR) is 70.4 cm³/mol. The summed E-state index contributed by atoms with van der Waals surface area (Å²) in [5.41, 5.74) is 0.551. The molecule has 2 heterocycles. The fourth-order valence-electron chi connectivity index (χ4n) is 2.15. The van der Waals surface area contributed by atoms with Crippen LogP contribution < -0.4 is 0 Å². The first kappa shape index (κ1) is 13.9. The van der Waals surface area contributed by atoms with Gasteiger partial charge in [-0.2, -0.15) is 11.8 Å². The van der Waals surface area contributed by atoms with Crippen molar-refractivity contribution in [2.24, 2.45) is 0 Å². The van der Waals surface area contributed by atoms with Crippen molar-refractivity contribution in [3.63, 3.8) is 0 Å². The van der Waals surface area contributed by atoms with E-state index in [4.69, 9.17) is 9.52 Å². The molecule has 1 fully saturated rings. The Morgan fingerprint density at radius 3 is 2.84 bits per heavy atom. The van der Waals surface area contributed by atoms with Gasteiger partial charge in [-0.05, 0) is 6.92 Å². The van der Waals surface area contributed by atoms with Crippen LogP contribution in [0.1, 0.15) is 28.6 Å². The van der Waals surface area contributed by atoms with Gasteiger partial charge in [0, 0.05) is 25.0 Å². The molecule has 1 aliphatic heterocycles. The third-order valence-electron chi connectivity index (χ3n) is 3.00. The Kier molecular flexibility index (Phi) is 4.14. The lowest BCUT2D eigenvalue weighted by atomic mass is 10.1. The zero-order chi connectivity index (χ0) is 14.0. The molecule has 0 unspecified atom stereocenters. The number of hydrogen-bond acceptors (Lipinski definition) is 5. The van der Waals surface area contributed by atoms with E-state index in [1.54, 1.807) is 30.5 Å². The van der Waals surface area contributed by atoms with Gasteiger partial charge in [-0.3, -0.25) is 9.59 Å². The minimum atomic E-state index is -0.893. The molecule has 104 valence electrons. The van der Waals surface area contributed by atoms with E-state index in [-0.39, 0.29) is 24.1 Å². The number of carbonyl (C=O) groups is 2. The van der Waals surface area contributed by atoms with Crippen LogP contribution in [0.15, 0.2) is 4.42 Å². The molecule has 1 aromatic rings. The van der Waals surface area contributed by atoms with E-state index in [0.29, 0.717) is 23.9 Å². The molecule has 0 radical (unpaired) electrons. The summed E-state index contributed by atoms with van der Waals surface area (Å²) < 4.78 is 5.33. The van der Waals surface area contributed by atoms with Gasteiger partial charge in [-0.25, -0.2) is 4.98 Å². The van der Waals surface area contributed by atoms with E-state index < -0.39 is 5.97 Å². The monoisotopic (exact) mass is 284 g/mol. The maximum absolute atomic E-state index is 12.4. The summed E-state index contributed by atoms with van der Waals surface area (Å²) in [6.45, 7) is 3.94. The van der Waals surface area contributed by atoms with Gasteiger partial charge in [0.15, 0.2) is 5.89 Å². The van der Waals surface area contributed by atoms with E-state index in [1.165, 1.54) is 0 Å². The van der Waals surface area contributed by atoms with E-state index in [9.17, 15) is 9.59 Å². The van der Waals surface area contributed by atoms with Crippen LogP contribution >= 0.6 is 11.8 Å². The van der Waals surface area contributed by atoms with E-state index in [2.05, 4.69) is 4.98 Å². The predicted octanol–water partition coefficient (Wildman–Crippen LogP) is 1.32. The van der Waals surface area contributed by atoms with Crippen LogP contribution in [0.25, 0.3) is 0 Å². The third-order valence-corrected chi connectivity index (χ3v) is 4.09. The Balaban J connectivity index is 2.19. The van der Waals surface area contributed by atoms with E-state index in [0.717, 1.165) is 5.75 Å². The molecular weight excluding hydrogens is 268 g/mol. The smallest absolute Gasteiger partial charge is 0.305 e. The van der Waals surface area contributed by atoms with E-state index in [1.807, 2.05) is 0 Å². The van der Waals surface area contributed by atoms with Crippen LogP contribution in [0, 0.1) is 13.8 Å². The summed E-state index contributed by atoms with van der Waals surface area (Å²) in [5.74, 6) is 0.973. The highest BCUT2D eigenvalue weighted by atomic mass is 32.2. The van der Waals surface area contributed by atoms with Crippen LogP contribution in [0.4, 0.5) is 0 Å². The molecule has 0 bridgehead atoms. The number of thioether (sulfide) groups is 1. The SMILES string of the molecule is Cc1nc(C)c(C(=O)N2CCSC[C@H]2CC(=O)O)o1. The maximum atomic E-state index is 12.4. The molecule has 1 aliphatic rings. The van der Waals surface area contributed by atoms with Gasteiger partial charge in [0.05, 0.1) is 18.2 Å². The number of carboxylic acids is 1. The van der Waals surface area contributed by atoms with Gasteiger partial charge in [-0.1, -0.05) is 0 Å². The lowest BCUT2D eigenvalue weighted by Crippen LogP contribution is -2.47. The van der Waals surface area contributed by atoms with Gasteiger partial charge in [-0.15, -0.1) is 0 Å². The summed E-state index contributed by atoms with van der Waals surface area (Å²) in [5, 5.41) is 8.91. The number of carboxylic acid groups (broad SMARTS) is 1. The number of hydrogen-bond donors (Lipinski definition) is 1. The fourth-order valence-corrected chi connectivity index (χ4v) is 3.22. The molecule has 1 atom stereocenters. The highest BCUT2D eigenvalue weighted by Gasteiger charge is 2.32. The molecule has 1 amide bonds. The first-order chi connectivity index (χ1) is 8.99. The number of carbonyl (C=O) groups excluding carboxylic acids is 1. The molecule has 0 aliphatic carbocycles. The highest BCUT2D eigenvalue weighted by Crippen LogP contribution is 2.22. The van der Waals surface area contributed by atoms with Crippen LogP contribution in [0.3, 0.4) is 0 Å². The standard InChI is InChI=1S/C12H16N2O4S/c1-7-11(18-8(2)13-7)12(17)14-3-4-19-6-9(14)5-10(15)16/h9H,3-6H2,1-2H3,(H,15,16)/t9-/m1/s1. The van der Waals surface area contributed by atoms with Crippen molar-refractivity contribution in [1.29, 1.82) is 0 Å². The van der Waals surface area contributed by atoms with Gasteiger partial charge < -0.3 is 14.4 Å². The Morgan fingerprint density at radius 1 is 1.53 bits per heavy atom.